The number of hydrogen-bond donors (Lipinski definition) is 0. The van der Waals surface area contributed by atoms with Crippen molar-refractivity contribution in [3.05, 3.63) is 41.3 Å². The van der Waals surface area contributed by atoms with E-state index >= 15 is 0 Å². The van der Waals surface area contributed by atoms with E-state index in [1.165, 1.54) is 24.3 Å². The topological polar surface area (TPSA) is 61.6 Å². The molecule has 0 unspecified atom stereocenters. The van der Waals surface area contributed by atoms with Crippen LogP contribution < -0.4 is 4.74 Å². The first-order valence-electron chi connectivity index (χ1n) is 3.98. The third kappa shape index (κ3) is 3.02. The normalized spacial score (nSPS) is 9.79. The zero-order chi connectivity index (χ0) is 10.4. The standard InChI is InChI=1S/C9H10NO4/c1-2-13-7-14-9-5-3-8(4-6-9)10(11)12/h3-6H,1-2,7H2. The molecule has 0 aliphatic rings. The highest BCUT2D eigenvalue weighted by atomic mass is 16.7. The molecule has 75 valence electrons. The summed E-state index contributed by atoms with van der Waals surface area (Å²) < 4.78 is 9.94. The van der Waals surface area contributed by atoms with Gasteiger partial charge in [0.05, 0.1) is 11.5 Å². The number of benzene rings is 1. The van der Waals surface area contributed by atoms with E-state index in [1.54, 1.807) is 0 Å². The van der Waals surface area contributed by atoms with Gasteiger partial charge >= 0.3 is 0 Å². The van der Waals surface area contributed by atoms with Crippen molar-refractivity contribution in [1.29, 1.82) is 0 Å². The molecular formula is C9H10NO4. The van der Waals surface area contributed by atoms with Gasteiger partial charge in [-0.05, 0) is 19.1 Å². The molecule has 0 spiro atoms. The first-order chi connectivity index (χ1) is 6.74. The van der Waals surface area contributed by atoms with Gasteiger partial charge in [0, 0.05) is 12.1 Å². The molecule has 5 heteroatoms. The van der Waals surface area contributed by atoms with Gasteiger partial charge in [-0.2, -0.15) is 0 Å². The summed E-state index contributed by atoms with van der Waals surface area (Å²) in [6.45, 7) is 3.89. The molecule has 0 heterocycles. The van der Waals surface area contributed by atoms with Crippen LogP contribution in [0.25, 0.3) is 0 Å². The Labute approximate surface area is 81.4 Å². The zero-order valence-electron chi connectivity index (χ0n) is 7.51. The summed E-state index contributed by atoms with van der Waals surface area (Å²) in [7, 11) is 0. The summed E-state index contributed by atoms with van der Waals surface area (Å²) in [6, 6.07) is 5.79. The fourth-order valence-corrected chi connectivity index (χ4v) is 0.833. The van der Waals surface area contributed by atoms with Gasteiger partial charge in [-0.25, -0.2) is 0 Å². The predicted molar refractivity (Wildman–Crippen MR) is 49.9 cm³/mol. The quantitative estimate of drug-likeness (QED) is 0.311. The molecule has 0 saturated heterocycles. The first kappa shape index (κ1) is 10.5. The van der Waals surface area contributed by atoms with Crippen molar-refractivity contribution in [3.8, 4) is 5.75 Å². The Morgan fingerprint density at radius 3 is 2.50 bits per heavy atom. The molecule has 0 bridgehead atoms. The maximum Gasteiger partial charge on any atom is 0.269 e. The van der Waals surface area contributed by atoms with Crippen molar-refractivity contribution >= 4 is 5.69 Å². The second-order valence-electron chi connectivity index (χ2n) is 2.42. The fourth-order valence-electron chi connectivity index (χ4n) is 0.833. The van der Waals surface area contributed by atoms with Crippen LogP contribution in [0.3, 0.4) is 0 Å². The molecule has 1 rings (SSSR count). The van der Waals surface area contributed by atoms with Crippen molar-refractivity contribution in [2.75, 3.05) is 13.4 Å². The predicted octanol–water partition coefficient (Wildman–Crippen LogP) is 1.78. The minimum absolute atomic E-state index is 0.0374. The molecule has 0 N–H and O–H groups in total. The van der Waals surface area contributed by atoms with Gasteiger partial charge < -0.3 is 9.47 Å². The molecule has 0 aromatic heterocycles. The van der Waals surface area contributed by atoms with Crippen LogP contribution in [-0.4, -0.2) is 18.3 Å². The van der Waals surface area contributed by atoms with Crippen LogP contribution in [0.1, 0.15) is 0 Å². The number of nitro groups is 1. The van der Waals surface area contributed by atoms with Gasteiger partial charge in [0.15, 0.2) is 6.79 Å². The van der Waals surface area contributed by atoms with Gasteiger partial charge in [-0.1, -0.05) is 0 Å². The van der Waals surface area contributed by atoms with Gasteiger partial charge in [0.2, 0.25) is 0 Å². The highest BCUT2D eigenvalue weighted by Gasteiger charge is 2.03. The molecule has 1 aromatic rings. The van der Waals surface area contributed by atoms with E-state index in [9.17, 15) is 10.1 Å². The summed E-state index contributed by atoms with van der Waals surface area (Å²) >= 11 is 0. The largest absolute Gasteiger partial charge is 0.468 e. The van der Waals surface area contributed by atoms with Crippen LogP contribution in [0.15, 0.2) is 24.3 Å². The number of ether oxygens (including phenoxy) is 2. The average Bonchev–Trinajstić information content (AvgIpc) is 2.19. The second kappa shape index (κ2) is 5.18. The summed E-state index contributed by atoms with van der Waals surface area (Å²) in [6.07, 6.45) is 0. The van der Waals surface area contributed by atoms with Crippen molar-refractivity contribution in [3.63, 3.8) is 0 Å². The van der Waals surface area contributed by atoms with Crippen LogP contribution in [0.5, 0.6) is 5.75 Å². The molecule has 0 fully saturated rings. The molecule has 1 aromatic carbocycles. The molecule has 0 saturated carbocycles. The fraction of sp³-hybridized carbons (Fsp3) is 0.222. The Bertz CT molecular complexity index is 296. The number of hydrogen-bond acceptors (Lipinski definition) is 4. The summed E-state index contributed by atoms with van der Waals surface area (Å²) in [5.41, 5.74) is 0.0374. The minimum Gasteiger partial charge on any atom is -0.468 e. The molecular weight excluding hydrogens is 186 g/mol. The van der Waals surface area contributed by atoms with E-state index in [4.69, 9.17) is 9.47 Å². The smallest absolute Gasteiger partial charge is 0.269 e. The third-order valence-corrected chi connectivity index (χ3v) is 1.50. The van der Waals surface area contributed by atoms with Gasteiger partial charge in [0.1, 0.15) is 5.75 Å². The van der Waals surface area contributed by atoms with E-state index < -0.39 is 4.92 Å². The van der Waals surface area contributed by atoms with Crippen LogP contribution in [0.2, 0.25) is 0 Å². The van der Waals surface area contributed by atoms with Crippen molar-refractivity contribution in [2.24, 2.45) is 0 Å². The SMILES string of the molecule is [CH2]COCOc1ccc([N+](=O)[O-])cc1. The number of non-ortho nitro benzene ring substituents is 1. The molecule has 0 aliphatic heterocycles. The van der Waals surface area contributed by atoms with E-state index in [0.29, 0.717) is 12.4 Å². The van der Waals surface area contributed by atoms with E-state index in [0.717, 1.165) is 0 Å². The lowest BCUT2D eigenvalue weighted by Crippen LogP contribution is -2.01. The highest BCUT2D eigenvalue weighted by Crippen LogP contribution is 2.16. The third-order valence-electron chi connectivity index (χ3n) is 1.50. The van der Waals surface area contributed by atoms with E-state index in [-0.39, 0.29) is 12.5 Å². The lowest BCUT2D eigenvalue weighted by molar-refractivity contribution is -0.384. The Hall–Kier alpha value is -1.62. The van der Waals surface area contributed by atoms with E-state index in [1.807, 2.05) is 0 Å². The van der Waals surface area contributed by atoms with Crippen molar-refractivity contribution in [2.45, 2.75) is 0 Å². The van der Waals surface area contributed by atoms with Gasteiger partial charge in [-0.3, -0.25) is 10.1 Å². The van der Waals surface area contributed by atoms with Crippen molar-refractivity contribution < 1.29 is 14.4 Å². The first-order valence-corrected chi connectivity index (χ1v) is 3.98. The molecule has 5 nitrogen and oxygen atoms in total. The molecule has 1 radical (unpaired) electrons. The maximum absolute atomic E-state index is 10.3. The molecule has 14 heavy (non-hydrogen) atoms. The molecule has 0 aliphatic carbocycles. The second-order valence-corrected chi connectivity index (χ2v) is 2.42. The van der Waals surface area contributed by atoms with Crippen LogP contribution >= 0.6 is 0 Å². The number of rotatable bonds is 5. The summed E-state index contributed by atoms with van der Waals surface area (Å²) in [5.74, 6) is 0.532. The number of nitrogens with zero attached hydrogens (tertiary/aromatic N) is 1. The maximum atomic E-state index is 10.3. The summed E-state index contributed by atoms with van der Waals surface area (Å²) in [5, 5.41) is 10.3. The Kier molecular flexibility index (Phi) is 3.87. The average molecular weight is 196 g/mol. The van der Waals surface area contributed by atoms with Gasteiger partial charge in [-0.15, -0.1) is 0 Å². The lowest BCUT2D eigenvalue weighted by atomic mass is 10.3. The van der Waals surface area contributed by atoms with Crippen LogP contribution in [0, 0.1) is 17.0 Å². The van der Waals surface area contributed by atoms with Gasteiger partial charge in [0.25, 0.3) is 5.69 Å². The highest BCUT2D eigenvalue weighted by molar-refractivity contribution is 5.35. The minimum atomic E-state index is -0.462. The van der Waals surface area contributed by atoms with Crippen LogP contribution in [0.4, 0.5) is 5.69 Å². The monoisotopic (exact) mass is 196 g/mol. The van der Waals surface area contributed by atoms with E-state index in [2.05, 4.69) is 6.92 Å². The summed E-state index contributed by atoms with van der Waals surface area (Å²) in [4.78, 5) is 9.84. The Morgan fingerprint density at radius 2 is 2.00 bits per heavy atom. The number of nitro benzene ring substituents is 1. The Morgan fingerprint density at radius 1 is 1.36 bits per heavy atom. The lowest BCUT2D eigenvalue weighted by Gasteiger charge is -2.04. The Balaban J connectivity index is 2.51. The van der Waals surface area contributed by atoms with Crippen LogP contribution in [-0.2, 0) is 4.74 Å². The zero-order valence-corrected chi connectivity index (χ0v) is 7.51. The van der Waals surface area contributed by atoms with Crippen molar-refractivity contribution in [1.82, 2.24) is 0 Å². The molecule has 0 amide bonds. The molecule has 0 atom stereocenters.